The molecule has 21 heavy (non-hydrogen) atoms. The maximum absolute atomic E-state index is 3.92. The summed E-state index contributed by atoms with van der Waals surface area (Å²) in [4.78, 5) is 0. The van der Waals surface area contributed by atoms with Crippen LogP contribution < -0.4 is 5.19 Å². The largest absolute Gasteiger partial charge is 0.107 e. The van der Waals surface area contributed by atoms with Crippen molar-refractivity contribution in [2.75, 3.05) is 0 Å². The van der Waals surface area contributed by atoms with Crippen LogP contribution in [0.25, 0.3) is 0 Å². The first-order valence-corrected chi connectivity index (χ1v) is 11.5. The molecule has 1 heteroatoms. The van der Waals surface area contributed by atoms with Gasteiger partial charge in [0.25, 0.3) is 0 Å². The zero-order chi connectivity index (χ0) is 15.6. The Morgan fingerprint density at radius 1 is 1.00 bits per heavy atom. The maximum Gasteiger partial charge on any atom is 0.107 e. The molecule has 0 unspecified atom stereocenters. The van der Waals surface area contributed by atoms with Crippen molar-refractivity contribution in [1.29, 1.82) is 0 Å². The molecule has 0 atom stereocenters. The highest BCUT2D eigenvalue weighted by atomic mass is 28.3. The van der Waals surface area contributed by atoms with Gasteiger partial charge in [-0.3, -0.25) is 0 Å². The standard InChI is InChI=1S/C20H32Si/c1-5-7-8-9-10-12-16-19(15-6-2)21(3,4)20-17-13-11-14-18-20/h6,11,13-15,17-18H,2,5,7-10,12,16H2,1,3-4H3/b19-15-. The van der Waals surface area contributed by atoms with Gasteiger partial charge < -0.3 is 0 Å². The predicted molar refractivity (Wildman–Crippen MR) is 99.8 cm³/mol. The molecule has 0 bridgehead atoms. The molecule has 0 saturated carbocycles. The number of hydrogen-bond acceptors (Lipinski definition) is 0. The van der Waals surface area contributed by atoms with E-state index >= 15 is 0 Å². The minimum Gasteiger partial charge on any atom is -0.0991 e. The van der Waals surface area contributed by atoms with E-state index in [1.807, 2.05) is 6.08 Å². The number of unbranched alkanes of at least 4 members (excludes halogenated alkanes) is 5. The second kappa shape index (κ2) is 9.78. The van der Waals surface area contributed by atoms with Gasteiger partial charge in [-0.25, -0.2) is 0 Å². The number of allylic oxidation sites excluding steroid dienone is 3. The molecule has 0 aliphatic carbocycles. The first-order chi connectivity index (χ1) is 10.1. The molecule has 0 aliphatic heterocycles. The molecule has 0 amide bonds. The van der Waals surface area contributed by atoms with Crippen LogP contribution in [0.3, 0.4) is 0 Å². The molecule has 0 aliphatic rings. The molecule has 116 valence electrons. The summed E-state index contributed by atoms with van der Waals surface area (Å²) in [5.74, 6) is 0. The lowest BCUT2D eigenvalue weighted by Crippen LogP contribution is -2.43. The molecule has 1 rings (SSSR count). The van der Waals surface area contributed by atoms with Crippen molar-refractivity contribution in [2.24, 2.45) is 0 Å². The second-order valence-corrected chi connectivity index (χ2v) is 10.9. The number of benzene rings is 1. The van der Waals surface area contributed by atoms with E-state index in [9.17, 15) is 0 Å². The Kier molecular flexibility index (Phi) is 8.37. The number of hydrogen-bond donors (Lipinski definition) is 0. The molecule has 0 spiro atoms. The van der Waals surface area contributed by atoms with Crippen LogP contribution in [0.5, 0.6) is 0 Å². The van der Waals surface area contributed by atoms with Crippen LogP contribution in [0.15, 0.2) is 54.3 Å². The lowest BCUT2D eigenvalue weighted by atomic mass is 10.1. The first-order valence-electron chi connectivity index (χ1n) is 8.50. The number of rotatable bonds is 10. The molecular weight excluding hydrogens is 268 g/mol. The predicted octanol–water partition coefficient (Wildman–Crippen LogP) is 6.00. The van der Waals surface area contributed by atoms with Gasteiger partial charge >= 0.3 is 0 Å². The van der Waals surface area contributed by atoms with Crippen molar-refractivity contribution < 1.29 is 0 Å². The quantitative estimate of drug-likeness (QED) is 0.282. The zero-order valence-corrected chi connectivity index (χ0v) is 15.2. The summed E-state index contributed by atoms with van der Waals surface area (Å²) >= 11 is 0. The van der Waals surface area contributed by atoms with Crippen LogP contribution in [0.4, 0.5) is 0 Å². The third-order valence-electron chi connectivity index (χ3n) is 4.42. The maximum atomic E-state index is 3.92. The van der Waals surface area contributed by atoms with Crippen LogP contribution in [0.2, 0.25) is 13.1 Å². The van der Waals surface area contributed by atoms with Crippen LogP contribution >= 0.6 is 0 Å². The first kappa shape index (κ1) is 18.0. The lowest BCUT2D eigenvalue weighted by molar-refractivity contribution is 0.609. The van der Waals surface area contributed by atoms with Crippen LogP contribution in [-0.4, -0.2) is 8.07 Å². The molecule has 0 saturated heterocycles. The van der Waals surface area contributed by atoms with Crippen LogP contribution in [0.1, 0.15) is 51.9 Å². The van der Waals surface area contributed by atoms with E-state index in [0.29, 0.717) is 0 Å². The minimum absolute atomic E-state index is 1.24. The fraction of sp³-hybridized carbons (Fsp3) is 0.500. The van der Waals surface area contributed by atoms with E-state index < -0.39 is 8.07 Å². The van der Waals surface area contributed by atoms with Crippen LogP contribution in [-0.2, 0) is 0 Å². The third-order valence-corrected chi connectivity index (χ3v) is 8.22. The van der Waals surface area contributed by atoms with Gasteiger partial charge in [-0.15, -0.1) is 0 Å². The van der Waals surface area contributed by atoms with E-state index in [1.54, 1.807) is 5.20 Å². The van der Waals surface area contributed by atoms with Gasteiger partial charge in [0.15, 0.2) is 0 Å². The minimum atomic E-state index is -1.52. The van der Waals surface area contributed by atoms with Gasteiger partial charge in [-0.1, -0.05) is 112 Å². The summed E-state index contributed by atoms with van der Waals surface area (Å²) < 4.78 is 0. The van der Waals surface area contributed by atoms with Crippen molar-refractivity contribution in [1.82, 2.24) is 0 Å². The summed E-state index contributed by atoms with van der Waals surface area (Å²) in [5.41, 5.74) is 0. The van der Waals surface area contributed by atoms with E-state index in [0.717, 1.165) is 0 Å². The van der Waals surface area contributed by atoms with Gasteiger partial charge in [0, 0.05) is 0 Å². The molecule has 0 fully saturated rings. The second-order valence-electron chi connectivity index (χ2n) is 6.44. The van der Waals surface area contributed by atoms with Gasteiger partial charge in [0.1, 0.15) is 8.07 Å². The van der Waals surface area contributed by atoms with Crippen molar-refractivity contribution in [2.45, 2.75) is 65.0 Å². The molecule has 0 N–H and O–H groups in total. The average molecular weight is 301 g/mol. The Bertz CT molecular complexity index is 428. The summed E-state index contributed by atoms with van der Waals surface area (Å²) in [6.07, 6.45) is 13.7. The molecule has 0 heterocycles. The van der Waals surface area contributed by atoms with Crippen molar-refractivity contribution in [3.63, 3.8) is 0 Å². The fourth-order valence-corrected chi connectivity index (χ4v) is 5.62. The SMILES string of the molecule is C=C/C=C(/CCCCCCCC)[Si](C)(C)c1ccccc1. The Balaban J connectivity index is 2.61. The van der Waals surface area contributed by atoms with Gasteiger partial charge in [-0.05, 0) is 12.8 Å². The van der Waals surface area contributed by atoms with Gasteiger partial charge in [-0.2, -0.15) is 0 Å². The highest BCUT2D eigenvalue weighted by molar-refractivity contribution is 6.95. The smallest absolute Gasteiger partial charge is 0.0991 e. The Morgan fingerprint density at radius 2 is 1.62 bits per heavy atom. The highest BCUT2D eigenvalue weighted by Gasteiger charge is 2.27. The lowest BCUT2D eigenvalue weighted by Gasteiger charge is -2.27. The van der Waals surface area contributed by atoms with E-state index in [4.69, 9.17) is 0 Å². The van der Waals surface area contributed by atoms with E-state index in [2.05, 4.69) is 63.0 Å². The third kappa shape index (κ3) is 6.05. The summed E-state index contributed by atoms with van der Waals surface area (Å²) in [5, 5.41) is 3.17. The summed E-state index contributed by atoms with van der Waals surface area (Å²) in [6.45, 7) is 11.1. The average Bonchev–Trinajstić information content (AvgIpc) is 2.50. The Hall–Kier alpha value is -1.08. The molecule has 0 radical (unpaired) electrons. The molecule has 0 nitrogen and oxygen atoms in total. The molecule has 1 aromatic carbocycles. The van der Waals surface area contributed by atoms with Crippen molar-refractivity contribution in [3.8, 4) is 0 Å². The Morgan fingerprint density at radius 3 is 2.24 bits per heavy atom. The molecule has 1 aromatic rings. The molecular formula is C20H32Si. The monoisotopic (exact) mass is 300 g/mol. The van der Waals surface area contributed by atoms with E-state index in [-0.39, 0.29) is 0 Å². The van der Waals surface area contributed by atoms with Gasteiger partial charge in [0.2, 0.25) is 0 Å². The molecule has 0 aromatic heterocycles. The summed E-state index contributed by atoms with van der Waals surface area (Å²) in [6, 6.07) is 11.0. The highest BCUT2D eigenvalue weighted by Crippen LogP contribution is 2.22. The van der Waals surface area contributed by atoms with Crippen molar-refractivity contribution in [3.05, 3.63) is 54.3 Å². The fourth-order valence-electron chi connectivity index (χ4n) is 2.88. The van der Waals surface area contributed by atoms with Crippen molar-refractivity contribution >= 4 is 13.3 Å². The van der Waals surface area contributed by atoms with Gasteiger partial charge in [0.05, 0.1) is 0 Å². The van der Waals surface area contributed by atoms with Crippen LogP contribution in [0, 0.1) is 0 Å². The normalized spacial score (nSPS) is 12.4. The van der Waals surface area contributed by atoms with E-state index in [1.165, 1.54) is 50.1 Å². The Labute approximate surface area is 133 Å². The summed E-state index contributed by atoms with van der Waals surface area (Å²) in [7, 11) is -1.52. The zero-order valence-electron chi connectivity index (χ0n) is 14.2. The topological polar surface area (TPSA) is 0 Å².